The molecule has 0 aliphatic carbocycles. The third-order valence-corrected chi connectivity index (χ3v) is 3.08. The van der Waals surface area contributed by atoms with Gasteiger partial charge in [0.2, 0.25) is 5.82 Å². The lowest BCUT2D eigenvalue weighted by molar-refractivity contribution is 0.0740. The van der Waals surface area contributed by atoms with Crippen LogP contribution in [0.15, 0.2) is 18.2 Å². The zero-order chi connectivity index (χ0) is 15.4. The largest absolute Gasteiger partial charge is 0.332 e. The molecule has 0 bridgehead atoms. The van der Waals surface area contributed by atoms with Crippen LogP contribution in [0.1, 0.15) is 35.9 Å². The van der Waals surface area contributed by atoms with Crippen molar-refractivity contribution in [3.63, 3.8) is 0 Å². The van der Waals surface area contributed by atoms with Crippen molar-refractivity contribution in [2.75, 3.05) is 6.54 Å². The molecule has 5 nitrogen and oxygen atoms in total. The fourth-order valence-electron chi connectivity index (χ4n) is 1.88. The summed E-state index contributed by atoms with van der Waals surface area (Å²) < 4.78 is 26.1. The van der Waals surface area contributed by atoms with Crippen LogP contribution in [0, 0.1) is 11.6 Å². The minimum Gasteiger partial charge on any atom is -0.332 e. The number of nitrogens with zero attached hydrogens (tertiary/aromatic N) is 3. The average molecular weight is 294 g/mol. The van der Waals surface area contributed by atoms with E-state index in [1.54, 1.807) is 6.92 Å². The highest BCUT2D eigenvalue weighted by molar-refractivity contribution is 5.90. The molecule has 1 aromatic carbocycles. The van der Waals surface area contributed by atoms with E-state index in [9.17, 15) is 13.6 Å². The number of halogens is 2. The lowest BCUT2D eigenvalue weighted by Crippen LogP contribution is -2.31. The highest BCUT2D eigenvalue weighted by Crippen LogP contribution is 2.12. The maximum absolute atomic E-state index is 13.2. The van der Waals surface area contributed by atoms with Crippen molar-refractivity contribution >= 4 is 5.91 Å². The van der Waals surface area contributed by atoms with Crippen LogP contribution in [0.4, 0.5) is 8.78 Å². The number of aromatic nitrogens is 3. The zero-order valence-electron chi connectivity index (χ0n) is 11.9. The number of aryl methyl sites for hydroxylation is 1. The minimum atomic E-state index is -0.929. The van der Waals surface area contributed by atoms with Gasteiger partial charge >= 0.3 is 0 Å². The van der Waals surface area contributed by atoms with Crippen molar-refractivity contribution < 1.29 is 13.6 Å². The van der Waals surface area contributed by atoms with Crippen molar-refractivity contribution in [3.05, 3.63) is 47.0 Å². The Labute approximate surface area is 121 Å². The second-order valence-electron chi connectivity index (χ2n) is 4.53. The third-order valence-electron chi connectivity index (χ3n) is 3.08. The summed E-state index contributed by atoms with van der Waals surface area (Å²) in [6.07, 6.45) is 0.648. The van der Waals surface area contributed by atoms with Crippen LogP contribution in [0.25, 0.3) is 0 Å². The first-order valence-corrected chi connectivity index (χ1v) is 6.69. The van der Waals surface area contributed by atoms with Gasteiger partial charge in [-0.3, -0.25) is 9.89 Å². The molecule has 1 amide bonds. The summed E-state index contributed by atoms with van der Waals surface area (Å²) in [4.78, 5) is 17.8. The number of benzene rings is 1. The molecule has 0 unspecified atom stereocenters. The summed E-state index contributed by atoms with van der Waals surface area (Å²) in [5.74, 6) is -1.48. The molecule has 0 aliphatic rings. The van der Waals surface area contributed by atoms with Gasteiger partial charge in [0.15, 0.2) is 11.6 Å². The first-order valence-electron chi connectivity index (χ1n) is 6.69. The van der Waals surface area contributed by atoms with Gasteiger partial charge in [-0.2, -0.15) is 0 Å². The Morgan fingerprint density at radius 3 is 2.62 bits per heavy atom. The second kappa shape index (κ2) is 6.43. The van der Waals surface area contributed by atoms with E-state index in [0.717, 1.165) is 12.1 Å². The molecule has 0 spiro atoms. The zero-order valence-corrected chi connectivity index (χ0v) is 11.9. The van der Waals surface area contributed by atoms with E-state index in [0.29, 0.717) is 24.4 Å². The second-order valence-corrected chi connectivity index (χ2v) is 4.53. The fraction of sp³-hybridized carbons (Fsp3) is 0.357. The van der Waals surface area contributed by atoms with E-state index < -0.39 is 11.6 Å². The Balaban J connectivity index is 2.15. The smallest absolute Gasteiger partial charge is 0.293 e. The molecular weight excluding hydrogens is 278 g/mol. The molecule has 112 valence electrons. The van der Waals surface area contributed by atoms with Crippen LogP contribution >= 0.6 is 0 Å². The summed E-state index contributed by atoms with van der Waals surface area (Å²) in [6, 6.07) is 3.58. The van der Waals surface area contributed by atoms with Crippen molar-refractivity contribution in [1.29, 1.82) is 0 Å². The Morgan fingerprint density at radius 2 is 2.05 bits per heavy atom. The molecule has 0 radical (unpaired) electrons. The van der Waals surface area contributed by atoms with E-state index in [2.05, 4.69) is 15.2 Å². The van der Waals surface area contributed by atoms with Gasteiger partial charge in [-0.05, 0) is 24.6 Å². The van der Waals surface area contributed by atoms with Gasteiger partial charge in [0.05, 0.1) is 0 Å². The molecule has 0 aliphatic heterocycles. The Bertz CT molecular complexity index is 642. The number of rotatable bonds is 5. The number of nitrogens with one attached hydrogen (secondary N) is 1. The number of hydrogen-bond donors (Lipinski definition) is 1. The Kier molecular flexibility index (Phi) is 4.62. The summed E-state index contributed by atoms with van der Waals surface area (Å²) in [5.41, 5.74) is 0.510. The third kappa shape index (κ3) is 3.42. The van der Waals surface area contributed by atoms with Crippen molar-refractivity contribution in [2.45, 2.75) is 26.8 Å². The molecule has 0 fully saturated rings. The molecule has 7 heteroatoms. The van der Waals surface area contributed by atoms with Crippen molar-refractivity contribution in [3.8, 4) is 0 Å². The highest BCUT2D eigenvalue weighted by atomic mass is 19.2. The van der Waals surface area contributed by atoms with E-state index in [4.69, 9.17) is 0 Å². The summed E-state index contributed by atoms with van der Waals surface area (Å²) >= 11 is 0. The number of aromatic amines is 1. The number of H-pyrrole nitrogens is 1. The molecular formula is C14H16F2N4O. The van der Waals surface area contributed by atoms with Gasteiger partial charge < -0.3 is 4.90 Å². The lowest BCUT2D eigenvalue weighted by atomic mass is 10.2. The molecule has 2 rings (SSSR count). The van der Waals surface area contributed by atoms with Crippen LogP contribution in [0.5, 0.6) is 0 Å². The van der Waals surface area contributed by atoms with Gasteiger partial charge in [0.1, 0.15) is 5.82 Å². The molecule has 1 aromatic heterocycles. The maximum Gasteiger partial charge on any atom is 0.293 e. The molecule has 2 aromatic rings. The normalized spacial score (nSPS) is 10.7. The Morgan fingerprint density at radius 1 is 1.29 bits per heavy atom. The monoisotopic (exact) mass is 294 g/mol. The standard InChI is InChI=1S/C14H16F2N4O/c1-3-12-17-13(19-18-12)14(21)20(4-2)8-9-5-6-10(15)11(16)7-9/h5-7H,3-4,8H2,1-2H3,(H,17,18,19). The van der Waals surface area contributed by atoms with Gasteiger partial charge in [-0.1, -0.05) is 13.0 Å². The first-order chi connectivity index (χ1) is 10.0. The van der Waals surface area contributed by atoms with Crippen LogP contribution < -0.4 is 0 Å². The van der Waals surface area contributed by atoms with Crippen molar-refractivity contribution in [1.82, 2.24) is 20.1 Å². The molecule has 21 heavy (non-hydrogen) atoms. The number of carbonyl (C=O) groups is 1. The number of carbonyl (C=O) groups excluding carboxylic acids is 1. The predicted molar refractivity (Wildman–Crippen MR) is 72.5 cm³/mol. The summed E-state index contributed by atoms with van der Waals surface area (Å²) in [5, 5.41) is 6.55. The molecule has 1 N–H and O–H groups in total. The molecule has 0 saturated carbocycles. The van der Waals surface area contributed by atoms with Crippen LogP contribution in [0.3, 0.4) is 0 Å². The SMILES string of the molecule is CCc1nc(C(=O)N(CC)Cc2ccc(F)c(F)c2)n[nH]1. The van der Waals surface area contributed by atoms with Crippen LogP contribution in [-0.2, 0) is 13.0 Å². The maximum atomic E-state index is 13.2. The van der Waals surface area contributed by atoms with Gasteiger partial charge in [0.25, 0.3) is 5.91 Å². The van der Waals surface area contributed by atoms with E-state index in [-0.39, 0.29) is 18.3 Å². The molecule has 0 saturated heterocycles. The van der Waals surface area contributed by atoms with E-state index >= 15 is 0 Å². The summed E-state index contributed by atoms with van der Waals surface area (Å²) in [6.45, 7) is 4.27. The summed E-state index contributed by atoms with van der Waals surface area (Å²) in [7, 11) is 0. The topological polar surface area (TPSA) is 61.9 Å². The first kappa shape index (κ1) is 15.1. The Hall–Kier alpha value is -2.31. The molecule has 1 heterocycles. The van der Waals surface area contributed by atoms with Gasteiger partial charge in [0, 0.05) is 19.5 Å². The van der Waals surface area contributed by atoms with Gasteiger partial charge in [-0.25, -0.2) is 13.8 Å². The van der Waals surface area contributed by atoms with Crippen LogP contribution in [-0.4, -0.2) is 32.5 Å². The van der Waals surface area contributed by atoms with Gasteiger partial charge in [-0.15, -0.1) is 5.10 Å². The highest BCUT2D eigenvalue weighted by Gasteiger charge is 2.19. The van der Waals surface area contributed by atoms with E-state index in [1.807, 2.05) is 6.92 Å². The quantitative estimate of drug-likeness (QED) is 0.920. The predicted octanol–water partition coefficient (Wildman–Crippen LogP) is 2.31. The lowest BCUT2D eigenvalue weighted by Gasteiger charge is -2.19. The number of amides is 1. The fourth-order valence-corrected chi connectivity index (χ4v) is 1.88. The average Bonchev–Trinajstić information content (AvgIpc) is 2.96. The number of hydrogen-bond acceptors (Lipinski definition) is 3. The molecule has 0 atom stereocenters. The van der Waals surface area contributed by atoms with Crippen LogP contribution in [0.2, 0.25) is 0 Å². The van der Waals surface area contributed by atoms with Crippen molar-refractivity contribution in [2.24, 2.45) is 0 Å². The minimum absolute atomic E-state index is 0.0799. The van der Waals surface area contributed by atoms with E-state index in [1.165, 1.54) is 11.0 Å².